The number of hydrogen-bond acceptors (Lipinski definition) is 7. The first-order chi connectivity index (χ1) is 25.4. The standard InChI is InChI=1S/C43H84NO7P/c1-3-5-7-9-11-13-15-17-19-20-21-23-25-27-29-31-33-35-38-48-40-42(41-50-52(46,47)49-39-37-44)51-43(45)36-34-32-30-28-26-24-22-18-16-14-12-10-8-6-4-2/h24,26,35,38,42H,3-23,25,27-34,36-37,39-41,44H2,1-2H3,(H,46,47)/b26-24+,38-35+/t42-/m1/s1. The van der Waals surface area contributed by atoms with E-state index in [1.165, 1.54) is 148 Å². The second-order valence-electron chi connectivity index (χ2n) is 14.6. The van der Waals surface area contributed by atoms with E-state index < -0.39 is 13.9 Å². The minimum atomic E-state index is -4.29. The molecule has 0 bridgehead atoms. The second-order valence-corrected chi connectivity index (χ2v) is 16.1. The molecule has 0 aromatic rings. The van der Waals surface area contributed by atoms with Crippen LogP contribution in [0.25, 0.3) is 0 Å². The number of hydrogen-bond donors (Lipinski definition) is 2. The van der Waals surface area contributed by atoms with E-state index in [0.717, 1.165) is 44.9 Å². The molecule has 308 valence electrons. The summed E-state index contributed by atoms with van der Waals surface area (Å²) < 4.78 is 33.2. The van der Waals surface area contributed by atoms with Crippen molar-refractivity contribution >= 4 is 13.8 Å². The van der Waals surface area contributed by atoms with Crippen LogP contribution in [-0.4, -0.2) is 43.3 Å². The summed E-state index contributed by atoms with van der Waals surface area (Å²) in [7, 11) is -4.29. The van der Waals surface area contributed by atoms with Gasteiger partial charge in [-0.1, -0.05) is 174 Å². The highest BCUT2D eigenvalue weighted by atomic mass is 31.2. The topological polar surface area (TPSA) is 117 Å². The van der Waals surface area contributed by atoms with Crippen LogP contribution < -0.4 is 5.73 Å². The van der Waals surface area contributed by atoms with Crippen molar-refractivity contribution in [2.45, 2.75) is 219 Å². The number of ether oxygens (including phenoxy) is 2. The van der Waals surface area contributed by atoms with Gasteiger partial charge in [0.05, 0.1) is 19.5 Å². The molecule has 3 N–H and O–H groups in total. The van der Waals surface area contributed by atoms with E-state index in [1.54, 1.807) is 6.26 Å². The molecule has 0 fully saturated rings. The molecule has 0 heterocycles. The predicted molar refractivity (Wildman–Crippen MR) is 219 cm³/mol. The fourth-order valence-corrected chi connectivity index (χ4v) is 6.96. The van der Waals surface area contributed by atoms with Gasteiger partial charge in [-0.15, -0.1) is 0 Å². The molecule has 0 rings (SSSR count). The van der Waals surface area contributed by atoms with E-state index in [2.05, 4.69) is 26.0 Å². The Hall–Kier alpha value is -1.18. The van der Waals surface area contributed by atoms with Crippen LogP contribution >= 0.6 is 7.82 Å². The van der Waals surface area contributed by atoms with Gasteiger partial charge < -0.3 is 20.1 Å². The highest BCUT2D eigenvalue weighted by molar-refractivity contribution is 7.47. The van der Waals surface area contributed by atoms with Gasteiger partial charge in [0, 0.05) is 13.0 Å². The molecule has 52 heavy (non-hydrogen) atoms. The van der Waals surface area contributed by atoms with Gasteiger partial charge in [-0.25, -0.2) is 4.57 Å². The van der Waals surface area contributed by atoms with Crippen molar-refractivity contribution in [2.24, 2.45) is 5.73 Å². The van der Waals surface area contributed by atoms with Crippen LogP contribution in [0.15, 0.2) is 24.5 Å². The first-order valence-corrected chi connectivity index (χ1v) is 23.4. The number of phosphoric acid groups is 1. The van der Waals surface area contributed by atoms with E-state index in [4.69, 9.17) is 24.3 Å². The number of carbonyl (C=O) groups excluding carboxylic acids is 1. The summed E-state index contributed by atoms with van der Waals surface area (Å²) in [5.74, 6) is -0.366. The molecule has 1 unspecified atom stereocenters. The summed E-state index contributed by atoms with van der Waals surface area (Å²) in [4.78, 5) is 22.4. The summed E-state index contributed by atoms with van der Waals surface area (Å²) in [5, 5.41) is 0. The minimum absolute atomic E-state index is 0.0295. The lowest BCUT2D eigenvalue weighted by Crippen LogP contribution is -2.27. The third-order valence-electron chi connectivity index (χ3n) is 9.44. The number of rotatable bonds is 42. The highest BCUT2D eigenvalue weighted by Gasteiger charge is 2.25. The zero-order valence-corrected chi connectivity index (χ0v) is 35.0. The molecule has 8 nitrogen and oxygen atoms in total. The van der Waals surface area contributed by atoms with E-state index in [-0.39, 0.29) is 38.8 Å². The quantitative estimate of drug-likeness (QED) is 0.0208. The molecule has 0 aliphatic heterocycles. The Morgan fingerprint density at radius 2 is 0.981 bits per heavy atom. The van der Waals surface area contributed by atoms with E-state index in [0.29, 0.717) is 0 Å². The van der Waals surface area contributed by atoms with Gasteiger partial charge in [-0.2, -0.15) is 0 Å². The van der Waals surface area contributed by atoms with Crippen LogP contribution in [0.1, 0.15) is 213 Å². The summed E-state index contributed by atoms with van der Waals surface area (Å²) >= 11 is 0. The van der Waals surface area contributed by atoms with Crippen LogP contribution in [0.4, 0.5) is 0 Å². The SMILES string of the molecule is CCCCCCCCCC/C=C/CCCCCC(=O)O[C@H](CO/C=C/CCCCCCCCCCCCCCCCCC)COP(=O)(O)OCCN. The number of phosphoric ester groups is 1. The van der Waals surface area contributed by atoms with Gasteiger partial charge in [-0.3, -0.25) is 13.8 Å². The van der Waals surface area contributed by atoms with Gasteiger partial charge in [0.25, 0.3) is 0 Å². The molecule has 0 saturated heterocycles. The lowest BCUT2D eigenvalue weighted by molar-refractivity contribution is -0.153. The Kier molecular flexibility index (Phi) is 40.1. The Morgan fingerprint density at radius 1 is 0.577 bits per heavy atom. The summed E-state index contributed by atoms with van der Waals surface area (Å²) in [6.45, 7) is 4.25. The Labute approximate surface area is 321 Å². The summed E-state index contributed by atoms with van der Waals surface area (Å²) in [6, 6.07) is 0. The maximum Gasteiger partial charge on any atom is 0.472 e. The van der Waals surface area contributed by atoms with Crippen LogP contribution in [-0.2, 0) is 27.9 Å². The molecule has 0 aliphatic carbocycles. The third-order valence-corrected chi connectivity index (χ3v) is 10.4. The summed E-state index contributed by atoms with van der Waals surface area (Å²) in [6.07, 6.45) is 45.8. The molecule has 9 heteroatoms. The number of unbranched alkanes of at least 4 members (excludes halogenated alkanes) is 27. The molecule has 0 aromatic heterocycles. The minimum Gasteiger partial charge on any atom is -0.498 e. The molecule has 0 saturated carbocycles. The van der Waals surface area contributed by atoms with Crippen molar-refractivity contribution in [3.05, 3.63) is 24.5 Å². The van der Waals surface area contributed by atoms with E-state index in [9.17, 15) is 14.3 Å². The van der Waals surface area contributed by atoms with Crippen LogP contribution in [0, 0.1) is 0 Å². The maximum atomic E-state index is 12.5. The average Bonchev–Trinajstić information content (AvgIpc) is 3.13. The molecule has 0 radical (unpaired) electrons. The van der Waals surface area contributed by atoms with E-state index in [1.807, 2.05) is 6.08 Å². The first kappa shape index (κ1) is 50.8. The zero-order chi connectivity index (χ0) is 38.1. The number of carbonyl (C=O) groups is 1. The Morgan fingerprint density at radius 3 is 1.42 bits per heavy atom. The van der Waals surface area contributed by atoms with E-state index >= 15 is 0 Å². The first-order valence-electron chi connectivity index (χ1n) is 21.9. The van der Waals surface area contributed by atoms with Crippen LogP contribution in [0.2, 0.25) is 0 Å². The molecular formula is C43H84NO7P. The fourth-order valence-electron chi connectivity index (χ4n) is 6.19. The van der Waals surface area contributed by atoms with Crippen molar-refractivity contribution in [3.8, 4) is 0 Å². The highest BCUT2D eigenvalue weighted by Crippen LogP contribution is 2.43. The van der Waals surface area contributed by atoms with Crippen molar-refractivity contribution in [1.82, 2.24) is 0 Å². The molecule has 0 aromatic carbocycles. The van der Waals surface area contributed by atoms with Crippen molar-refractivity contribution in [2.75, 3.05) is 26.4 Å². The van der Waals surface area contributed by atoms with Gasteiger partial charge in [0.15, 0.2) is 6.10 Å². The predicted octanol–water partition coefficient (Wildman–Crippen LogP) is 13.2. The monoisotopic (exact) mass is 758 g/mol. The van der Waals surface area contributed by atoms with Crippen molar-refractivity contribution in [3.63, 3.8) is 0 Å². The smallest absolute Gasteiger partial charge is 0.472 e. The molecular weight excluding hydrogens is 673 g/mol. The number of allylic oxidation sites excluding steroid dienone is 3. The van der Waals surface area contributed by atoms with Crippen LogP contribution in [0.5, 0.6) is 0 Å². The Balaban J connectivity index is 4.07. The molecule has 2 atom stereocenters. The molecule has 0 amide bonds. The zero-order valence-electron chi connectivity index (χ0n) is 34.1. The lowest BCUT2D eigenvalue weighted by atomic mass is 10.0. The lowest BCUT2D eigenvalue weighted by Gasteiger charge is -2.19. The second kappa shape index (κ2) is 41.0. The number of esters is 1. The van der Waals surface area contributed by atoms with Crippen molar-refractivity contribution < 1.29 is 32.8 Å². The van der Waals surface area contributed by atoms with Gasteiger partial charge >= 0.3 is 13.8 Å². The van der Waals surface area contributed by atoms with Crippen molar-refractivity contribution in [1.29, 1.82) is 0 Å². The Bertz CT molecular complexity index is 853. The largest absolute Gasteiger partial charge is 0.498 e. The van der Waals surface area contributed by atoms with Gasteiger partial charge in [-0.05, 0) is 51.0 Å². The van der Waals surface area contributed by atoms with Gasteiger partial charge in [0.2, 0.25) is 0 Å². The maximum absolute atomic E-state index is 12.5. The third kappa shape index (κ3) is 40.0. The average molecular weight is 758 g/mol. The fraction of sp³-hybridized carbons (Fsp3) is 0.884. The van der Waals surface area contributed by atoms with Crippen LogP contribution in [0.3, 0.4) is 0 Å². The summed E-state index contributed by atoms with van der Waals surface area (Å²) in [5.41, 5.74) is 5.36. The normalized spacial score (nSPS) is 13.6. The molecule has 0 spiro atoms. The molecule has 0 aliphatic rings. The van der Waals surface area contributed by atoms with Gasteiger partial charge in [0.1, 0.15) is 6.61 Å². The number of nitrogens with two attached hydrogens (primary N) is 1.